The van der Waals surface area contributed by atoms with Crippen molar-refractivity contribution >= 4 is 5.97 Å². The molecule has 4 heteroatoms. The summed E-state index contributed by atoms with van der Waals surface area (Å²) < 4.78 is 6.97. The Hall–Kier alpha value is -2.17. The van der Waals surface area contributed by atoms with Crippen molar-refractivity contribution in [2.24, 2.45) is 5.92 Å². The molecule has 4 nitrogen and oxygen atoms in total. The zero-order valence-corrected chi connectivity index (χ0v) is 18.7. The van der Waals surface area contributed by atoms with E-state index in [0.717, 1.165) is 69.1 Å². The molecule has 166 valence electrons. The van der Waals surface area contributed by atoms with E-state index in [1.807, 2.05) is 36.4 Å². The lowest BCUT2D eigenvalue weighted by atomic mass is 9.80. The van der Waals surface area contributed by atoms with E-state index in [1.165, 1.54) is 5.56 Å². The van der Waals surface area contributed by atoms with E-state index in [0.29, 0.717) is 5.56 Å². The number of hydrogen-bond donors (Lipinski definition) is 1. The first kappa shape index (κ1) is 22.0. The minimum absolute atomic E-state index is 0.0649. The van der Waals surface area contributed by atoms with Crippen molar-refractivity contribution < 1.29 is 19.1 Å². The Morgan fingerprint density at radius 1 is 1.00 bits per heavy atom. The highest BCUT2D eigenvalue weighted by Crippen LogP contribution is 2.42. The van der Waals surface area contributed by atoms with E-state index in [1.54, 1.807) is 0 Å². The van der Waals surface area contributed by atoms with Crippen LogP contribution in [0.1, 0.15) is 49.7 Å². The van der Waals surface area contributed by atoms with Gasteiger partial charge in [-0.3, -0.25) is 0 Å². The number of likely N-dealkylation sites (tertiary alicyclic amines) is 1. The van der Waals surface area contributed by atoms with E-state index in [2.05, 4.69) is 31.3 Å². The number of rotatable bonds is 7. The number of likely N-dealkylation sites (N-methyl/N-ethyl adjacent to an activating group) is 1. The lowest BCUT2D eigenvalue weighted by molar-refractivity contribution is -0.916. The van der Waals surface area contributed by atoms with Crippen molar-refractivity contribution in [3.63, 3.8) is 0 Å². The summed E-state index contributed by atoms with van der Waals surface area (Å²) in [6.45, 7) is 2.95. The Kier molecular flexibility index (Phi) is 6.78. The molecule has 0 amide bonds. The van der Waals surface area contributed by atoms with Crippen LogP contribution in [0, 0.1) is 5.92 Å². The third-order valence-corrected chi connectivity index (χ3v) is 7.40. The maximum Gasteiger partial charge on any atom is 0.343 e. The van der Waals surface area contributed by atoms with E-state index >= 15 is 0 Å². The fraction of sp³-hybridized carbons (Fsp3) is 0.519. The van der Waals surface area contributed by atoms with Crippen LogP contribution in [0.3, 0.4) is 0 Å². The average Bonchev–Trinajstić information content (AvgIpc) is 3.34. The maximum absolute atomic E-state index is 13.4. The van der Waals surface area contributed by atoms with Gasteiger partial charge in [-0.15, -0.1) is 0 Å². The molecular formula is C27H36NO3+. The van der Waals surface area contributed by atoms with Gasteiger partial charge < -0.3 is 14.3 Å². The number of hydrogen-bond acceptors (Lipinski definition) is 3. The number of ether oxygens (including phenoxy) is 1. The summed E-state index contributed by atoms with van der Waals surface area (Å²) in [7, 11) is 2.27. The minimum Gasteiger partial charge on any atom is -0.454 e. The molecule has 1 aliphatic carbocycles. The van der Waals surface area contributed by atoms with E-state index in [-0.39, 0.29) is 12.0 Å². The summed E-state index contributed by atoms with van der Waals surface area (Å²) in [6.07, 6.45) is 6.66. The molecule has 0 radical (unpaired) electrons. The van der Waals surface area contributed by atoms with Gasteiger partial charge in [0.1, 0.15) is 6.54 Å². The average molecular weight is 423 g/mol. The molecule has 0 bridgehead atoms. The molecule has 1 aliphatic heterocycles. The van der Waals surface area contributed by atoms with Crippen molar-refractivity contribution in [3.8, 4) is 0 Å². The maximum atomic E-state index is 13.4. The molecule has 2 aliphatic rings. The molecule has 31 heavy (non-hydrogen) atoms. The molecule has 0 aromatic heterocycles. The number of carbonyl (C=O) groups is 1. The van der Waals surface area contributed by atoms with Crippen molar-refractivity contribution in [2.45, 2.75) is 56.7 Å². The normalized spacial score (nSPS) is 26.3. The van der Waals surface area contributed by atoms with Gasteiger partial charge in [0, 0.05) is 18.8 Å². The number of piperidine rings is 1. The van der Waals surface area contributed by atoms with E-state index < -0.39 is 11.6 Å². The van der Waals surface area contributed by atoms with Gasteiger partial charge in [-0.05, 0) is 30.4 Å². The van der Waals surface area contributed by atoms with E-state index in [9.17, 15) is 9.90 Å². The standard InChI is InChI=1S/C27H36NO3/c1-28(20-18-22-11-4-2-5-12-22)19-10-17-25(21-28)31-26(29)27(30,24-15-8-9-16-24)23-13-6-3-7-14-23/h2-7,11-14,24-25,30H,8-10,15-21H2,1H3/q+1. The van der Waals surface area contributed by atoms with Gasteiger partial charge in [0.25, 0.3) is 0 Å². The summed E-state index contributed by atoms with van der Waals surface area (Å²) >= 11 is 0. The summed E-state index contributed by atoms with van der Waals surface area (Å²) in [5.74, 6) is -0.517. The highest BCUT2D eigenvalue weighted by molar-refractivity contribution is 5.81. The Morgan fingerprint density at radius 3 is 2.32 bits per heavy atom. The second-order valence-corrected chi connectivity index (χ2v) is 9.77. The highest BCUT2D eigenvalue weighted by atomic mass is 16.6. The number of nitrogens with zero attached hydrogens (tertiary/aromatic N) is 1. The molecule has 2 fully saturated rings. The third kappa shape index (κ3) is 5.02. The van der Waals surface area contributed by atoms with Crippen molar-refractivity contribution in [3.05, 3.63) is 71.8 Å². The van der Waals surface area contributed by atoms with Gasteiger partial charge >= 0.3 is 5.97 Å². The molecule has 4 rings (SSSR count). The Balaban J connectivity index is 1.44. The van der Waals surface area contributed by atoms with Gasteiger partial charge in [0.15, 0.2) is 11.7 Å². The first-order valence-corrected chi connectivity index (χ1v) is 11.9. The van der Waals surface area contributed by atoms with Crippen LogP contribution in [0.2, 0.25) is 0 Å². The van der Waals surface area contributed by atoms with Crippen LogP contribution in [-0.4, -0.2) is 48.3 Å². The van der Waals surface area contributed by atoms with Gasteiger partial charge in [0.05, 0.1) is 20.1 Å². The molecule has 1 N–H and O–H groups in total. The van der Waals surface area contributed by atoms with Crippen LogP contribution in [0.15, 0.2) is 60.7 Å². The van der Waals surface area contributed by atoms with Crippen LogP contribution in [0.5, 0.6) is 0 Å². The van der Waals surface area contributed by atoms with Gasteiger partial charge in [-0.1, -0.05) is 73.5 Å². The van der Waals surface area contributed by atoms with Crippen LogP contribution >= 0.6 is 0 Å². The summed E-state index contributed by atoms with van der Waals surface area (Å²) in [5.41, 5.74) is 0.479. The van der Waals surface area contributed by atoms with Crippen molar-refractivity contribution in [1.82, 2.24) is 0 Å². The largest absolute Gasteiger partial charge is 0.454 e. The lowest BCUT2D eigenvalue weighted by Crippen LogP contribution is -2.56. The number of benzene rings is 2. The molecule has 0 spiro atoms. The van der Waals surface area contributed by atoms with Crippen molar-refractivity contribution in [2.75, 3.05) is 26.7 Å². The number of aliphatic hydroxyl groups is 1. The SMILES string of the molecule is C[N+]1(CCc2ccccc2)CCCC(OC(=O)C(O)(c2ccccc2)C2CCCC2)C1. The number of quaternary nitrogens is 1. The fourth-order valence-electron chi connectivity index (χ4n) is 5.52. The molecule has 3 atom stereocenters. The second kappa shape index (κ2) is 9.54. The van der Waals surface area contributed by atoms with Crippen LogP contribution in [0.4, 0.5) is 0 Å². The quantitative estimate of drug-likeness (QED) is 0.529. The third-order valence-electron chi connectivity index (χ3n) is 7.40. The van der Waals surface area contributed by atoms with Crippen LogP contribution < -0.4 is 0 Å². The smallest absolute Gasteiger partial charge is 0.343 e. The fourth-order valence-corrected chi connectivity index (χ4v) is 5.52. The predicted octanol–water partition coefficient (Wildman–Crippen LogP) is 4.46. The van der Waals surface area contributed by atoms with Crippen LogP contribution in [-0.2, 0) is 21.6 Å². The second-order valence-electron chi connectivity index (χ2n) is 9.77. The summed E-state index contributed by atoms with van der Waals surface area (Å²) in [6, 6.07) is 20.0. The zero-order valence-electron chi connectivity index (χ0n) is 18.7. The topological polar surface area (TPSA) is 46.5 Å². The number of carbonyl (C=O) groups excluding carboxylic acids is 1. The highest BCUT2D eigenvalue weighted by Gasteiger charge is 2.49. The Labute approximate surface area is 186 Å². The van der Waals surface area contributed by atoms with E-state index in [4.69, 9.17) is 4.74 Å². The van der Waals surface area contributed by atoms with Gasteiger partial charge in [-0.25, -0.2) is 4.79 Å². The Bertz CT molecular complexity index is 849. The lowest BCUT2D eigenvalue weighted by Gasteiger charge is -2.42. The number of esters is 1. The van der Waals surface area contributed by atoms with Gasteiger partial charge in [-0.2, -0.15) is 0 Å². The zero-order chi connectivity index (χ0) is 21.7. The first-order chi connectivity index (χ1) is 15.0. The van der Waals surface area contributed by atoms with Crippen molar-refractivity contribution in [1.29, 1.82) is 0 Å². The molecule has 1 saturated carbocycles. The monoisotopic (exact) mass is 422 g/mol. The molecule has 1 saturated heterocycles. The molecule has 1 heterocycles. The molecular weight excluding hydrogens is 386 g/mol. The summed E-state index contributed by atoms with van der Waals surface area (Å²) in [4.78, 5) is 13.4. The Morgan fingerprint density at radius 2 is 1.65 bits per heavy atom. The summed E-state index contributed by atoms with van der Waals surface area (Å²) in [5, 5.41) is 11.7. The van der Waals surface area contributed by atoms with Gasteiger partial charge in [0.2, 0.25) is 0 Å². The first-order valence-electron chi connectivity index (χ1n) is 11.9. The molecule has 2 aromatic rings. The minimum atomic E-state index is -1.54. The molecule has 3 unspecified atom stereocenters. The van der Waals surface area contributed by atoms with Crippen LogP contribution in [0.25, 0.3) is 0 Å². The predicted molar refractivity (Wildman–Crippen MR) is 122 cm³/mol. The molecule has 2 aromatic carbocycles.